The Bertz CT molecular complexity index is 1530. The van der Waals surface area contributed by atoms with Crippen LogP contribution in [0.2, 0.25) is 0 Å². The number of carbonyl (C=O) groups excluding carboxylic acids is 5. The predicted molar refractivity (Wildman–Crippen MR) is 191 cm³/mol. The van der Waals surface area contributed by atoms with Gasteiger partial charge in [0.15, 0.2) is 5.96 Å². The molecule has 7 atom stereocenters. The molecule has 0 unspecified atom stereocenters. The van der Waals surface area contributed by atoms with E-state index in [1.165, 1.54) is 19.4 Å². The predicted octanol–water partition coefficient (Wildman–Crippen LogP) is -3.89. The summed E-state index contributed by atoms with van der Waals surface area (Å²) in [7, 11) is 0. The van der Waals surface area contributed by atoms with Gasteiger partial charge in [0.2, 0.25) is 29.5 Å². The fourth-order valence-electron chi connectivity index (χ4n) is 4.92. The van der Waals surface area contributed by atoms with E-state index in [9.17, 15) is 44.1 Å². The number of aromatic amines is 1. The minimum absolute atomic E-state index is 0.0194. The lowest BCUT2D eigenvalue weighted by molar-refractivity contribution is -0.142. The fraction of sp³-hybridized carbons (Fsp3) is 0.515. The van der Waals surface area contributed by atoms with Crippen molar-refractivity contribution >= 4 is 41.5 Å². The number of aromatic nitrogens is 2. The Morgan fingerprint density at radius 2 is 1.40 bits per heavy atom. The number of rotatable bonds is 22. The van der Waals surface area contributed by atoms with Crippen LogP contribution in [0.25, 0.3) is 0 Å². The van der Waals surface area contributed by atoms with Gasteiger partial charge in [-0.15, -0.1) is 0 Å². The first kappa shape index (κ1) is 43.6. The Morgan fingerprint density at radius 3 is 1.94 bits per heavy atom. The maximum absolute atomic E-state index is 13.9. The molecule has 0 radical (unpaired) electrons. The summed E-state index contributed by atoms with van der Waals surface area (Å²) >= 11 is 0. The summed E-state index contributed by atoms with van der Waals surface area (Å²) in [6.45, 7) is 3.75. The molecule has 292 valence electrons. The first-order chi connectivity index (χ1) is 25.0. The van der Waals surface area contributed by atoms with Crippen molar-refractivity contribution in [2.75, 3.05) is 13.2 Å². The van der Waals surface area contributed by atoms with Crippen LogP contribution in [0.3, 0.4) is 0 Å². The number of amides is 5. The molecule has 2 rings (SSSR count). The first-order valence-electron chi connectivity index (χ1n) is 16.9. The summed E-state index contributed by atoms with van der Waals surface area (Å²) in [4.78, 5) is 89.1. The van der Waals surface area contributed by atoms with Gasteiger partial charge in [-0.2, -0.15) is 0 Å². The number of nitrogens with one attached hydrogen (secondary N) is 6. The fourth-order valence-corrected chi connectivity index (χ4v) is 4.92. The molecular weight excluding hydrogens is 694 g/mol. The molecule has 0 bridgehead atoms. The molecule has 0 fully saturated rings. The average Bonchev–Trinajstić information content (AvgIpc) is 3.62. The van der Waals surface area contributed by atoms with Crippen LogP contribution in [0.15, 0.2) is 47.8 Å². The second-order valence-electron chi connectivity index (χ2n) is 12.7. The molecule has 53 heavy (non-hydrogen) atoms. The van der Waals surface area contributed by atoms with E-state index in [-0.39, 0.29) is 38.2 Å². The Hall–Kier alpha value is -5.60. The number of hydrogen-bond acceptors (Lipinski definition) is 11. The molecule has 20 nitrogen and oxygen atoms in total. The number of guanidine groups is 1. The monoisotopic (exact) mass is 745 g/mol. The summed E-state index contributed by atoms with van der Waals surface area (Å²) < 4.78 is 0. The zero-order valence-corrected chi connectivity index (χ0v) is 29.8. The maximum Gasteiger partial charge on any atom is 0.326 e. The normalized spacial score (nSPS) is 15.0. The van der Waals surface area contributed by atoms with Crippen molar-refractivity contribution in [3.63, 3.8) is 0 Å². The lowest BCUT2D eigenvalue weighted by Gasteiger charge is -2.28. The summed E-state index contributed by atoms with van der Waals surface area (Å²) in [6.07, 6.45) is 1.53. The van der Waals surface area contributed by atoms with Gasteiger partial charge in [-0.05, 0) is 31.2 Å². The van der Waals surface area contributed by atoms with Crippen LogP contribution in [-0.4, -0.2) is 122 Å². The number of hydrogen-bond donors (Lipinski definition) is 12. The molecular formula is C33H51N11O9. The minimum atomic E-state index is -1.52. The Labute approximate surface area is 306 Å². The van der Waals surface area contributed by atoms with Crippen molar-refractivity contribution in [1.29, 1.82) is 0 Å². The quantitative estimate of drug-likeness (QED) is 0.0312. The van der Waals surface area contributed by atoms with Crippen LogP contribution in [0.4, 0.5) is 0 Å². The number of aliphatic hydroxyl groups is 2. The zero-order chi connectivity index (χ0) is 39.7. The van der Waals surface area contributed by atoms with Crippen LogP contribution in [0, 0.1) is 5.92 Å². The van der Waals surface area contributed by atoms with Gasteiger partial charge in [0, 0.05) is 31.3 Å². The molecule has 0 aliphatic carbocycles. The molecule has 0 aliphatic heterocycles. The van der Waals surface area contributed by atoms with Crippen molar-refractivity contribution in [2.45, 2.75) is 88.8 Å². The van der Waals surface area contributed by atoms with Crippen molar-refractivity contribution in [2.24, 2.45) is 28.1 Å². The van der Waals surface area contributed by atoms with E-state index in [1.807, 2.05) is 0 Å². The van der Waals surface area contributed by atoms with E-state index in [1.54, 1.807) is 44.2 Å². The Kier molecular flexibility index (Phi) is 17.8. The highest BCUT2D eigenvalue weighted by Crippen LogP contribution is 2.10. The van der Waals surface area contributed by atoms with Gasteiger partial charge in [0.25, 0.3) is 0 Å². The summed E-state index contributed by atoms with van der Waals surface area (Å²) in [5, 5.41) is 41.6. The van der Waals surface area contributed by atoms with Crippen molar-refractivity contribution in [3.8, 4) is 0 Å². The molecule has 1 aromatic heterocycles. The van der Waals surface area contributed by atoms with Crippen LogP contribution < -0.4 is 43.8 Å². The molecule has 20 heteroatoms. The molecule has 15 N–H and O–H groups in total. The van der Waals surface area contributed by atoms with E-state index in [0.717, 1.165) is 0 Å². The molecule has 0 saturated carbocycles. The van der Waals surface area contributed by atoms with Gasteiger partial charge in [0.05, 0.1) is 19.0 Å². The molecule has 0 aliphatic rings. The highest BCUT2D eigenvalue weighted by atomic mass is 16.4. The number of nitrogens with zero attached hydrogens (tertiary/aromatic N) is 2. The van der Waals surface area contributed by atoms with Crippen molar-refractivity contribution in [3.05, 3.63) is 54.1 Å². The van der Waals surface area contributed by atoms with E-state index in [0.29, 0.717) is 11.3 Å². The number of benzene rings is 1. The van der Waals surface area contributed by atoms with Gasteiger partial charge in [-0.1, -0.05) is 44.2 Å². The number of aliphatic hydroxyl groups excluding tert-OH is 2. The standard InChI is InChI=1S/C33H51N11O9/c1-17(2)26(44-29(49)24(15-45)43-30(50)25(34)18(3)46)31(51)41-22(12-19-8-5-4-6-9-19)28(48)40-21(10-7-11-38-33(35)36)27(47)42-23(32(52)53)13-20-14-37-16-39-20/h4-6,8-9,14,16-18,21-26,45-46H,7,10-13,15,34H2,1-3H3,(H,37,39)(H,40,48)(H,41,51)(H,42,47)(H,43,50)(H,44,49)(H,52,53)(H4,35,36,38)/t18-,21+,22+,23+,24+,25+,26+/m1/s1. The topological polar surface area (TPSA) is 342 Å². The highest BCUT2D eigenvalue weighted by molar-refractivity contribution is 5.96. The van der Waals surface area contributed by atoms with Gasteiger partial charge < -0.3 is 64.1 Å². The minimum Gasteiger partial charge on any atom is -0.480 e. The Balaban J connectivity index is 2.33. The number of aliphatic imine (C=N–C) groups is 1. The third-order valence-electron chi connectivity index (χ3n) is 7.97. The number of carbonyl (C=O) groups is 6. The summed E-state index contributed by atoms with van der Waals surface area (Å²) in [6, 6.07) is 0.460. The van der Waals surface area contributed by atoms with Crippen molar-refractivity contribution in [1.82, 2.24) is 36.6 Å². The summed E-state index contributed by atoms with van der Waals surface area (Å²) in [5.74, 6) is -6.34. The van der Waals surface area contributed by atoms with Gasteiger partial charge >= 0.3 is 5.97 Å². The second kappa shape index (κ2) is 21.7. The molecule has 0 spiro atoms. The zero-order valence-electron chi connectivity index (χ0n) is 29.8. The smallest absolute Gasteiger partial charge is 0.326 e. The number of aliphatic carboxylic acids is 1. The summed E-state index contributed by atoms with van der Waals surface area (Å²) in [5.41, 5.74) is 17.5. The molecule has 2 aromatic rings. The lowest BCUT2D eigenvalue weighted by atomic mass is 10.00. The average molecular weight is 746 g/mol. The van der Waals surface area contributed by atoms with Crippen LogP contribution >= 0.6 is 0 Å². The molecule has 1 aromatic carbocycles. The molecule has 5 amide bonds. The maximum atomic E-state index is 13.9. The lowest BCUT2D eigenvalue weighted by Crippen LogP contribution is -2.61. The second-order valence-corrected chi connectivity index (χ2v) is 12.7. The van der Waals surface area contributed by atoms with E-state index >= 15 is 0 Å². The van der Waals surface area contributed by atoms with Gasteiger partial charge in [-0.3, -0.25) is 29.0 Å². The SMILES string of the molecule is CC(C)[C@H](NC(=O)[C@H](CO)NC(=O)[C@@H](N)[C@@H](C)O)C(=O)N[C@@H](Cc1ccccc1)C(=O)N[C@@H](CCCN=C(N)N)C(=O)N[C@@H](Cc1cnc[nH]1)C(=O)O. The highest BCUT2D eigenvalue weighted by Gasteiger charge is 2.34. The van der Waals surface area contributed by atoms with E-state index in [4.69, 9.17) is 17.2 Å². The first-order valence-corrected chi connectivity index (χ1v) is 16.9. The molecule has 0 saturated heterocycles. The number of nitrogens with two attached hydrogens (primary N) is 3. The van der Waals surface area contributed by atoms with E-state index < -0.39 is 90.4 Å². The van der Waals surface area contributed by atoms with Gasteiger partial charge in [-0.25, -0.2) is 9.78 Å². The van der Waals surface area contributed by atoms with Crippen LogP contribution in [-0.2, 0) is 41.6 Å². The van der Waals surface area contributed by atoms with Crippen LogP contribution in [0.1, 0.15) is 44.9 Å². The third kappa shape index (κ3) is 14.9. The van der Waals surface area contributed by atoms with E-state index in [2.05, 4.69) is 41.5 Å². The van der Waals surface area contributed by atoms with Crippen LogP contribution in [0.5, 0.6) is 0 Å². The van der Waals surface area contributed by atoms with Gasteiger partial charge in [0.1, 0.15) is 36.3 Å². The third-order valence-corrected chi connectivity index (χ3v) is 7.97. The Morgan fingerprint density at radius 1 is 0.811 bits per heavy atom. The number of carboxylic acid groups (broad SMARTS) is 1. The van der Waals surface area contributed by atoms with Crippen molar-refractivity contribution < 1.29 is 44.1 Å². The largest absolute Gasteiger partial charge is 0.480 e. The number of H-pyrrole nitrogens is 1. The number of carboxylic acids is 1. The molecule has 1 heterocycles. The number of imidazole rings is 1.